The van der Waals surface area contributed by atoms with E-state index in [9.17, 15) is 0 Å². The molecule has 0 amide bonds. The lowest BCUT2D eigenvalue weighted by Gasteiger charge is -2.13. The second kappa shape index (κ2) is 7.12. The van der Waals surface area contributed by atoms with Crippen molar-refractivity contribution in [3.63, 3.8) is 0 Å². The van der Waals surface area contributed by atoms with E-state index in [1.54, 1.807) is 6.92 Å². The van der Waals surface area contributed by atoms with Crippen molar-refractivity contribution in [2.24, 2.45) is 0 Å². The third-order valence-corrected chi connectivity index (χ3v) is 3.33. The summed E-state index contributed by atoms with van der Waals surface area (Å²) in [6.07, 6.45) is 0. The van der Waals surface area contributed by atoms with Gasteiger partial charge >= 0.3 is 0 Å². The standard InChI is InChI=1S/C13H18N6O2S/c1-4-20-11-10(12(21-5-2)17-7(3)16-11)22-13-18-8(14)6-9(15)19-13/h6H,4-5H2,1-3H3,(H4,14,15,18,19). The van der Waals surface area contributed by atoms with Gasteiger partial charge in [-0.3, -0.25) is 0 Å². The number of aryl methyl sites for hydroxylation is 1. The van der Waals surface area contributed by atoms with Crippen LogP contribution in [-0.2, 0) is 0 Å². The molecule has 0 aromatic carbocycles. The zero-order chi connectivity index (χ0) is 16.1. The van der Waals surface area contributed by atoms with Gasteiger partial charge in [0.1, 0.15) is 22.4 Å². The van der Waals surface area contributed by atoms with Crippen molar-refractivity contribution in [2.75, 3.05) is 24.7 Å². The Morgan fingerprint density at radius 1 is 0.955 bits per heavy atom. The third kappa shape index (κ3) is 3.88. The number of nitrogens with zero attached hydrogens (tertiary/aromatic N) is 4. The van der Waals surface area contributed by atoms with Gasteiger partial charge in [-0.1, -0.05) is 0 Å². The Hall–Kier alpha value is -2.29. The number of hydrogen-bond donors (Lipinski definition) is 2. The molecule has 9 heteroatoms. The van der Waals surface area contributed by atoms with Gasteiger partial charge in [-0.15, -0.1) is 0 Å². The van der Waals surface area contributed by atoms with Gasteiger partial charge in [-0.2, -0.15) is 9.97 Å². The Balaban J connectivity index is 2.46. The average Bonchev–Trinajstić information content (AvgIpc) is 2.42. The first-order chi connectivity index (χ1) is 10.5. The first-order valence-electron chi connectivity index (χ1n) is 6.75. The summed E-state index contributed by atoms with van der Waals surface area (Å²) in [6, 6.07) is 1.49. The summed E-state index contributed by atoms with van der Waals surface area (Å²) in [7, 11) is 0. The first kappa shape index (κ1) is 16.1. The number of ether oxygens (including phenoxy) is 2. The van der Waals surface area contributed by atoms with E-state index >= 15 is 0 Å². The lowest BCUT2D eigenvalue weighted by Crippen LogP contribution is -2.05. The maximum atomic E-state index is 5.69. The quantitative estimate of drug-likeness (QED) is 0.765. The average molecular weight is 322 g/mol. The highest BCUT2D eigenvalue weighted by Gasteiger charge is 2.19. The molecule has 0 spiro atoms. The molecule has 0 radical (unpaired) electrons. The van der Waals surface area contributed by atoms with E-state index in [0.29, 0.717) is 52.5 Å². The van der Waals surface area contributed by atoms with E-state index in [0.717, 1.165) is 0 Å². The molecule has 0 aliphatic heterocycles. The van der Waals surface area contributed by atoms with E-state index in [4.69, 9.17) is 20.9 Å². The minimum Gasteiger partial charge on any atom is -0.477 e. The summed E-state index contributed by atoms with van der Waals surface area (Å²) in [5.41, 5.74) is 11.4. The van der Waals surface area contributed by atoms with E-state index < -0.39 is 0 Å². The molecule has 2 aromatic heterocycles. The number of nitrogen functional groups attached to an aromatic ring is 2. The molecule has 2 aromatic rings. The van der Waals surface area contributed by atoms with Crippen LogP contribution in [0.4, 0.5) is 11.6 Å². The minimum absolute atomic E-state index is 0.291. The van der Waals surface area contributed by atoms with Crippen LogP contribution in [0.3, 0.4) is 0 Å². The maximum absolute atomic E-state index is 5.69. The third-order valence-electron chi connectivity index (χ3n) is 2.42. The van der Waals surface area contributed by atoms with Gasteiger partial charge in [0.15, 0.2) is 5.16 Å². The number of nitrogens with two attached hydrogens (primary N) is 2. The molecule has 0 aliphatic rings. The van der Waals surface area contributed by atoms with Crippen LogP contribution < -0.4 is 20.9 Å². The van der Waals surface area contributed by atoms with Crippen LogP contribution in [0, 0.1) is 6.92 Å². The number of anilines is 2. The summed E-state index contributed by atoms with van der Waals surface area (Å²) in [5, 5.41) is 0.381. The molecule has 8 nitrogen and oxygen atoms in total. The highest BCUT2D eigenvalue weighted by Crippen LogP contribution is 2.39. The second-order valence-corrected chi connectivity index (χ2v) is 5.16. The van der Waals surface area contributed by atoms with Gasteiger partial charge in [-0.05, 0) is 32.5 Å². The zero-order valence-corrected chi connectivity index (χ0v) is 13.5. The van der Waals surface area contributed by atoms with Crippen LogP contribution in [-0.4, -0.2) is 33.1 Å². The van der Waals surface area contributed by atoms with Crippen LogP contribution in [0.1, 0.15) is 19.7 Å². The predicted molar refractivity (Wildman–Crippen MR) is 84.1 cm³/mol. The Kier molecular flexibility index (Phi) is 5.21. The van der Waals surface area contributed by atoms with E-state index in [2.05, 4.69) is 19.9 Å². The Morgan fingerprint density at radius 3 is 1.91 bits per heavy atom. The molecule has 22 heavy (non-hydrogen) atoms. The van der Waals surface area contributed by atoms with Gasteiger partial charge in [0.25, 0.3) is 0 Å². The molecule has 0 aliphatic carbocycles. The highest BCUT2D eigenvalue weighted by molar-refractivity contribution is 7.99. The molecule has 2 heterocycles. The van der Waals surface area contributed by atoms with E-state index in [1.807, 2.05) is 13.8 Å². The van der Waals surface area contributed by atoms with Crippen molar-refractivity contribution >= 4 is 23.4 Å². The van der Waals surface area contributed by atoms with Gasteiger partial charge in [0, 0.05) is 6.07 Å². The van der Waals surface area contributed by atoms with Crippen LogP contribution in [0.2, 0.25) is 0 Å². The molecule has 0 atom stereocenters. The molecular formula is C13H18N6O2S. The SMILES string of the molecule is CCOc1nc(C)nc(OCC)c1Sc1nc(N)cc(N)n1. The summed E-state index contributed by atoms with van der Waals surface area (Å²) >= 11 is 1.20. The Bertz CT molecular complexity index is 620. The van der Waals surface area contributed by atoms with E-state index in [-0.39, 0.29) is 0 Å². The smallest absolute Gasteiger partial charge is 0.235 e. The summed E-state index contributed by atoms with van der Waals surface area (Å²) < 4.78 is 11.1. The molecule has 0 saturated heterocycles. The fraction of sp³-hybridized carbons (Fsp3) is 0.385. The minimum atomic E-state index is 0.291. The number of rotatable bonds is 6. The van der Waals surface area contributed by atoms with Gasteiger partial charge < -0.3 is 20.9 Å². The van der Waals surface area contributed by atoms with Crippen molar-refractivity contribution < 1.29 is 9.47 Å². The number of aromatic nitrogens is 4. The van der Waals surface area contributed by atoms with Gasteiger partial charge in [-0.25, -0.2) is 9.97 Å². The molecule has 118 valence electrons. The molecule has 0 bridgehead atoms. The van der Waals surface area contributed by atoms with Crippen molar-refractivity contribution in [3.8, 4) is 11.8 Å². The molecule has 4 N–H and O–H groups in total. The normalized spacial score (nSPS) is 10.5. The van der Waals surface area contributed by atoms with Crippen molar-refractivity contribution in [3.05, 3.63) is 11.9 Å². The lowest BCUT2D eigenvalue weighted by atomic mass is 10.5. The fourth-order valence-corrected chi connectivity index (χ4v) is 2.54. The lowest BCUT2D eigenvalue weighted by molar-refractivity contribution is 0.288. The van der Waals surface area contributed by atoms with Crippen LogP contribution in [0.25, 0.3) is 0 Å². The molecule has 0 unspecified atom stereocenters. The summed E-state index contributed by atoms with van der Waals surface area (Å²) in [5.74, 6) is 1.99. The van der Waals surface area contributed by atoms with Crippen molar-refractivity contribution in [1.29, 1.82) is 0 Å². The number of hydrogen-bond acceptors (Lipinski definition) is 9. The van der Waals surface area contributed by atoms with Gasteiger partial charge in [0.2, 0.25) is 11.8 Å². The Morgan fingerprint density at radius 2 is 1.45 bits per heavy atom. The molecule has 0 saturated carbocycles. The topological polar surface area (TPSA) is 122 Å². The monoisotopic (exact) mass is 322 g/mol. The highest BCUT2D eigenvalue weighted by atomic mass is 32.2. The van der Waals surface area contributed by atoms with Crippen LogP contribution in [0.5, 0.6) is 11.8 Å². The van der Waals surface area contributed by atoms with Gasteiger partial charge in [0.05, 0.1) is 13.2 Å². The second-order valence-electron chi connectivity index (χ2n) is 4.18. The molecular weight excluding hydrogens is 304 g/mol. The van der Waals surface area contributed by atoms with E-state index in [1.165, 1.54) is 17.8 Å². The van der Waals surface area contributed by atoms with Crippen LogP contribution >= 0.6 is 11.8 Å². The van der Waals surface area contributed by atoms with Crippen LogP contribution in [0.15, 0.2) is 16.1 Å². The zero-order valence-electron chi connectivity index (χ0n) is 12.7. The fourth-order valence-electron chi connectivity index (χ4n) is 1.67. The largest absolute Gasteiger partial charge is 0.477 e. The van der Waals surface area contributed by atoms with Crippen molar-refractivity contribution in [1.82, 2.24) is 19.9 Å². The van der Waals surface area contributed by atoms with Crippen molar-refractivity contribution in [2.45, 2.75) is 30.8 Å². The summed E-state index contributed by atoms with van der Waals surface area (Å²) in [4.78, 5) is 17.5. The Labute approximate surface area is 132 Å². The molecule has 2 rings (SSSR count). The predicted octanol–water partition coefficient (Wildman–Crippen LogP) is 1.69. The molecule has 0 fully saturated rings. The summed E-state index contributed by atoms with van der Waals surface area (Å²) in [6.45, 7) is 6.46. The first-order valence-corrected chi connectivity index (χ1v) is 7.57. The maximum Gasteiger partial charge on any atom is 0.235 e.